The number of nitrogens with two attached hydrogens (primary N) is 1. The Morgan fingerprint density at radius 3 is 2.18 bits per heavy atom. The molecule has 2 fully saturated rings. The van der Waals surface area contributed by atoms with Gasteiger partial charge in [0.1, 0.15) is 0 Å². The predicted molar refractivity (Wildman–Crippen MR) is 46.4 cm³/mol. The Kier molecular flexibility index (Phi) is 1.90. The minimum atomic E-state index is 0.195. The molecule has 0 aromatic heterocycles. The lowest BCUT2D eigenvalue weighted by atomic mass is 9.97. The second-order valence-corrected chi connectivity index (χ2v) is 4.20. The van der Waals surface area contributed by atoms with Crippen molar-refractivity contribution in [2.75, 3.05) is 19.6 Å². The van der Waals surface area contributed by atoms with Crippen molar-refractivity contribution in [1.29, 1.82) is 0 Å². The van der Waals surface area contributed by atoms with Gasteiger partial charge < -0.3 is 10.6 Å². The number of nitrogens with zero attached hydrogens (tertiary/aromatic N) is 1. The highest BCUT2D eigenvalue weighted by atomic mass is 15.2. The maximum atomic E-state index is 6.23. The molecule has 0 aromatic carbocycles. The quantitative estimate of drug-likeness (QED) is 0.642. The van der Waals surface area contributed by atoms with E-state index in [0.29, 0.717) is 0 Å². The summed E-state index contributed by atoms with van der Waals surface area (Å²) in [5.41, 5.74) is 6.42. The summed E-state index contributed by atoms with van der Waals surface area (Å²) in [6.45, 7) is 3.74. The average Bonchev–Trinajstić information content (AvgIpc) is 2.29. The molecule has 0 bridgehead atoms. The molecule has 0 aromatic rings. The Labute approximate surface area is 68.7 Å². The summed E-state index contributed by atoms with van der Waals surface area (Å²) < 4.78 is 0. The third-order valence-electron chi connectivity index (χ3n) is 3.09. The van der Waals surface area contributed by atoms with Crippen LogP contribution in [0, 0.1) is 0 Å². The van der Waals surface area contributed by atoms with E-state index in [1.807, 2.05) is 0 Å². The summed E-state index contributed by atoms with van der Waals surface area (Å²) in [4.78, 5) is 2.49. The van der Waals surface area contributed by atoms with Crippen molar-refractivity contribution >= 4 is 0 Å². The molecule has 2 aliphatic rings. The summed E-state index contributed by atoms with van der Waals surface area (Å²) in [5.74, 6) is 0. The molecular formula is C9H18N2. The molecule has 2 heteroatoms. The van der Waals surface area contributed by atoms with Crippen LogP contribution in [0.25, 0.3) is 0 Å². The smallest absolute Gasteiger partial charge is 0.0283 e. The molecule has 1 aliphatic carbocycles. The summed E-state index contributed by atoms with van der Waals surface area (Å²) in [6.07, 6.45) is 6.60. The first-order valence-corrected chi connectivity index (χ1v) is 4.80. The van der Waals surface area contributed by atoms with Gasteiger partial charge >= 0.3 is 0 Å². The van der Waals surface area contributed by atoms with Gasteiger partial charge in [-0.15, -0.1) is 0 Å². The molecule has 1 saturated heterocycles. The number of rotatable bonds is 2. The van der Waals surface area contributed by atoms with E-state index >= 15 is 0 Å². The maximum absolute atomic E-state index is 6.23. The van der Waals surface area contributed by atoms with Crippen LogP contribution in [-0.2, 0) is 0 Å². The molecule has 2 N–H and O–H groups in total. The average molecular weight is 154 g/mol. The van der Waals surface area contributed by atoms with Crippen LogP contribution in [0.5, 0.6) is 0 Å². The molecular weight excluding hydrogens is 136 g/mol. The van der Waals surface area contributed by atoms with Crippen molar-refractivity contribution in [2.45, 2.75) is 37.6 Å². The molecule has 2 rings (SSSR count). The second-order valence-electron chi connectivity index (χ2n) is 4.20. The standard InChI is InChI=1S/C9H18N2/c10-9(4-1-2-5-9)8-11-6-3-7-11/h1-8,10H2. The van der Waals surface area contributed by atoms with Crippen molar-refractivity contribution < 1.29 is 0 Å². The van der Waals surface area contributed by atoms with E-state index in [1.165, 1.54) is 45.2 Å². The molecule has 1 saturated carbocycles. The van der Waals surface area contributed by atoms with Crippen molar-refractivity contribution in [3.8, 4) is 0 Å². The minimum absolute atomic E-state index is 0.195. The largest absolute Gasteiger partial charge is 0.324 e. The van der Waals surface area contributed by atoms with Gasteiger partial charge in [-0.3, -0.25) is 0 Å². The predicted octanol–water partition coefficient (Wildman–Crippen LogP) is 0.964. The van der Waals surface area contributed by atoms with Gasteiger partial charge in [0.25, 0.3) is 0 Å². The fraction of sp³-hybridized carbons (Fsp3) is 1.00. The summed E-state index contributed by atoms with van der Waals surface area (Å²) in [6, 6.07) is 0. The zero-order valence-corrected chi connectivity index (χ0v) is 7.18. The van der Waals surface area contributed by atoms with Gasteiger partial charge in [0.05, 0.1) is 0 Å². The number of hydrogen-bond acceptors (Lipinski definition) is 2. The molecule has 0 unspecified atom stereocenters. The summed E-state index contributed by atoms with van der Waals surface area (Å²) in [5, 5.41) is 0. The monoisotopic (exact) mass is 154 g/mol. The highest BCUT2D eigenvalue weighted by molar-refractivity contribution is 4.93. The molecule has 64 valence electrons. The van der Waals surface area contributed by atoms with Gasteiger partial charge in [-0.2, -0.15) is 0 Å². The van der Waals surface area contributed by atoms with Crippen LogP contribution in [0.15, 0.2) is 0 Å². The Bertz CT molecular complexity index is 134. The van der Waals surface area contributed by atoms with Gasteiger partial charge in [0.2, 0.25) is 0 Å². The van der Waals surface area contributed by atoms with Gasteiger partial charge in [-0.05, 0) is 32.4 Å². The van der Waals surface area contributed by atoms with Crippen molar-refractivity contribution in [3.63, 3.8) is 0 Å². The van der Waals surface area contributed by atoms with Crippen molar-refractivity contribution in [1.82, 2.24) is 4.90 Å². The molecule has 0 spiro atoms. The lowest BCUT2D eigenvalue weighted by Crippen LogP contribution is -2.52. The van der Waals surface area contributed by atoms with E-state index < -0.39 is 0 Å². The first-order valence-electron chi connectivity index (χ1n) is 4.80. The van der Waals surface area contributed by atoms with E-state index in [1.54, 1.807) is 0 Å². The Morgan fingerprint density at radius 1 is 1.09 bits per heavy atom. The Hall–Kier alpha value is -0.0800. The zero-order valence-electron chi connectivity index (χ0n) is 7.18. The molecule has 2 nitrogen and oxygen atoms in total. The summed E-state index contributed by atoms with van der Waals surface area (Å²) >= 11 is 0. The second kappa shape index (κ2) is 2.76. The third kappa shape index (κ3) is 1.57. The van der Waals surface area contributed by atoms with E-state index in [2.05, 4.69) is 4.90 Å². The molecule has 0 radical (unpaired) electrons. The van der Waals surface area contributed by atoms with Gasteiger partial charge in [-0.25, -0.2) is 0 Å². The van der Waals surface area contributed by atoms with Crippen LogP contribution in [0.4, 0.5) is 0 Å². The van der Waals surface area contributed by atoms with Crippen LogP contribution in [0.1, 0.15) is 32.1 Å². The molecule has 1 heterocycles. The maximum Gasteiger partial charge on any atom is 0.0283 e. The van der Waals surface area contributed by atoms with Crippen molar-refractivity contribution in [2.24, 2.45) is 5.73 Å². The fourth-order valence-electron chi connectivity index (χ4n) is 2.22. The lowest BCUT2D eigenvalue weighted by Gasteiger charge is -2.37. The minimum Gasteiger partial charge on any atom is -0.324 e. The lowest BCUT2D eigenvalue weighted by molar-refractivity contribution is 0.139. The molecule has 0 amide bonds. The van der Waals surface area contributed by atoms with E-state index in [4.69, 9.17) is 5.73 Å². The molecule has 1 aliphatic heterocycles. The van der Waals surface area contributed by atoms with Gasteiger partial charge in [-0.1, -0.05) is 12.8 Å². The van der Waals surface area contributed by atoms with Crippen molar-refractivity contribution in [3.05, 3.63) is 0 Å². The van der Waals surface area contributed by atoms with E-state index in [9.17, 15) is 0 Å². The first kappa shape index (κ1) is 7.56. The highest BCUT2D eigenvalue weighted by Gasteiger charge is 2.32. The first-order chi connectivity index (χ1) is 5.29. The molecule has 0 atom stereocenters. The third-order valence-corrected chi connectivity index (χ3v) is 3.09. The van der Waals surface area contributed by atoms with Crippen LogP contribution in [-0.4, -0.2) is 30.1 Å². The van der Waals surface area contributed by atoms with Crippen LogP contribution >= 0.6 is 0 Å². The summed E-state index contributed by atoms with van der Waals surface area (Å²) in [7, 11) is 0. The normalized spacial score (nSPS) is 30.3. The zero-order chi connectivity index (χ0) is 7.73. The van der Waals surface area contributed by atoms with E-state index in [-0.39, 0.29) is 5.54 Å². The molecule has 11 heavy (non-hydrogen) atoms. The highest BCUT2D eigenvalue weighted by Crippen LogP contribution is 2.28. The Morgan fingerprint density at radius 2 is 1.73 bits per heavy atom. The van der Waals surface area contributed by atoms with Crippen LogP contribution in [0.3, 0.4) is 0 Å². The number of likely N-dealkylation sites (tertiary alicyclic amines) is 1. The van der Waals surface area contributed by atoms with E-state index in [0.717, 1.165) is 6.54 Å². The number of hydrogen-bond donors (Lipinski definition) is 1. The van der Waals surface area contributed by atoms with Crippen LogP contribution in [0.2, 0.25) is 0 Å². The van der Waals surface area contributed by atoms with Gasteiger partial charge in [0, 0.05) is 12.1 Å². The topological polar surface area (TPSA) is 29.3 Å². The van der Waals surface area contributed by atoms with Gasteiger partial charge in [0.15, 0.2) is 0 Å². The fourth-order valence-corrected chi connectivity index (χ4v) is 2.22. The van der Waals surface area contributed by atoms with Crippen LogP contribution < -0.4 is 5.73 Å². The SMILES string of the molecule is NC1(CN2CCC2)CCCC1. The Balaban J connectivity index is 1.82.